The highest BCUT2D eigenvalue weighted by molar-refractivity contribution is 7.92. The van der Waals surface area contributed by atoms with E-state index in [4.69, 9.17) is 17.3 Å². The summed E-state index contributed by atoms with van der Waals surface area (Å²) in [7, 11) is -3.39. The zero-order chi connectivity index (χ0) is 11.5. The second kappa shape index (κ2) is 4.83. The van der Waals surface area contributed by atoms with E-state index >= 15 is 0 Å². The number of nitrogens with two attached hydrogens (primary N) is 1. The lowest BCUT2D eigenvalue weighted by molar-refractivity contribution is 0.601. The molecule has 0 heterocycles. The molecule has 0 radical (unpaired) electrons. The zero-order valence-corrected chi connectivity index (χ0v) is 9.90. The number of hydrogen-bond donors (Lipinski definition) is 2. The highest BCUT2D eigenvalue weighted by Crippen LogP contribution is 2.26. The maximum absolute atomic E-state index is 11.5. The fraction of sp³-hybridized carbons (Fsp3) is 0.333. The van der Waals surface area contributed by atoms with Gasteiger partial charge in [0.05, 0.1) is 16.5 Å². The maximum Gasteiger partial charge on any atom is 0.234 e. The monoisotopic (exact) mass is 248 g/mol. The van der Waals surface area contributed by atoms with Crippen molar-refractivity contribution in [1.82, 2.24) is 0 Å². The van der Waals surface area contributed by atoms with Gasteiger partial charge in [-0.3, -0.25) is 4.72 Å². The number of anilines is 1. The minimum absolute atomic E-state index is 0.0822. The van der Waals surface area contributed by atoms with Crippen molar-refractivity contribution in [2.75, 3.05) is 17.0 Å². The van der Waals surface area contributed by atoms with Gasteiger partial charge in [0.15, 0.2) is 0 Å². The summed E-state index contributed by atoms with van der Waals surface area (Å²) >= 11 is 5.88. The Kier molecular flexibility index (Phi) is 3.96. The quantitative estimate of drug-likeness (QED) is 0.845. The molecular formula is C9H13ClN2O2S. The first-order chi connectivity index (χ1) is 6.96. The van der Waals surface area contributed by atoms with Crippen LogP contribution in [-0.4, -0.2) is 20.7 Å². The standard InChI is InChI=1S/C9H13ClN2O2S/c1-7-3-2-4-8(10)9(7)12-15(13,14)6-5-11/h2-4,12H,5-6,11H2,1H3. The third-order valence-electron chi connectivity index (χ3n) is 1.87. The van der Waals surface area contributed by atoms with Crippen LogP contribution >= 0.6 is 11.6 Å². The number of benzene rings is 1. The van der Waals surface area contributed by atoms with Gasteiger partial charge in [-0.15, -0.1) is 0 Å². The second-order valence-electron chi connectivity index (χ2n) is 3.14. The van der Waals surface area contributed by atoms with E-state index in [9.17, 15) is 8.42 Å². The van der Waals surface area contributed by atoms with Crippen LogP contribution in [0, 0.1) is 6.92 Å². The molecule has 0 spiro atoms. The fourth-order valence-corrected chi connectivity index (χ4v) is 2.44. The molecule has 0 atom stereocenters. The highest BCUT2D eigenvalue weighted by atomic mass is 35.5. The average molecular weight is 249 g/mol. The Labute approximate surface area is 94.5 Å². The smallest absolute Gasteiger partial charge is 0.234 e. The predicted molar refractivity (Wildman–Crippen MR) is 62.7 cm³/mol. The molecule has 4 nitrogen and oxygen atoms in total. The van der Waals surface area contributed by atoms with Gasteiger partial charge >= 0.3 is 0 Å². The van der Waals surface area contributed by atoms with Gasteiger partial charge in [-0.25, -0.2) is 8.42 Å². The van der Waals surface area contributed by atoms with Crippen LogP contribution in [0.3, 0.4) is 0 Å². The molecule has 3 N–H and O–H groups in total. The predicted octanol–water partition coefficient (Wildman–Crippen LogP) is 1.35. The van der Waals surface area contributed by atoms with Crippen LogP contribution in [0.5, 0.6) is 0 Å². The highest BCUT2D eigenvalue weighted by Gasteiger charge is 2.12. The lowest BCUT2D eigenvalue weighted by Crippen LogP contribution is -2.22. The van der Waals surface area contributed by atoms with E-state index in [2.05, 4.69) is 4.72 Å². The summed E-state index contributed by atoms with van der Waals surface area (Å²) in [5.74, 6) is -0.113. The summed E-state index contributed by atoms with van der Waals surface area (Å²) in [6, 6.07) is 5.18. The van der Waals surface area contributed by atoms with E-state index in [1.807, 2.05) is 0 Å². The van der Waals surface area contributed by atoms with Crippen LogP contribution in [0.4, 0.5) is 5.69 Å². The van der Waals surface area contributed by atoms with Gasteiger partial charge in [0.1, 0.15) is 0 Å². The van der Waals surface area contributed by atoms with Gasteiger partial charge in [0, 0.05) is 6.54 Å². The zero-order valence-electron chi connectivity index (χ0n) is 8.33. The van der Waals surface area contributed by atoms with Crippen molar-refractivity contribution in [3.8, 4) is 0 Å². The van der Waals surface area contributed by atoms with Crippen molar-refractivity contribution >= 4 is 27.3 Å². The molecule has 0 aliphatic rings. The molecule has 0 bridgehead atoms. The minimum atomic E-state index is -3.39. The topological polar surface area (TPSA) is 72.2 Å². The van der Waals surface area contributed by atoms with Crippen molar-refractivity contribution in [3.05, 3.63) is 28.8 Å². The van der Waals surface area contributed by atoms with Crippen LogP contribution in [0.25, 0.3) is 0 Å². The van der Waals surface area contributed by atoms with E-state index in [0.717, 1.165) is 5.56 Å². The molecule has 0 unspecified atom stereocenters. The average Bonchev–Trinajstić information content (AvgIpc) is 2.11. The minimum Gasteiger partial charge on any atom is -0.329 e. The molecule has 0 aliphatic carbocycles. The number of aryl methyl sites for hydroxylation is 1. The van der Waals surface area contributed by atoms with E-state index in [1.165, 1.54) is 0 Å². The maximum atomic E-state index is 11.5. The number of sulfonamides is 1. The summed E-state index contributed by atoms with van der Waals surface area (Å²) in [6.07, 6.45) is 0. The summed E-state index contributed by atoms with van der Waals surface area (Å²) < 4.78 is 25.3. The number of para-hydroxylation sites is 1. The first kappa shape index (κ1) is 12.3. The van der Waals surface area contributed by atoms with E-state index in [-0.39, 0.29) is 12.3 Å². The third kappa shape index (κ3) is 3.37. The largest absolute Gasteiger partial charge is 0.329 e. The van der Waals surface area contributed by atoms with Crippen molar-refractivity contribution in [2.45, 2.75) is 6.92 Å². The summed E-state index contributed by atoms with van der Waals surface area (Å²) in [5.41, 5.74) is 6.40. The van der Waals surface area contributed by atoms with Crippen molar-refractivity contribution < 1.29 is 8.42 Å². The second-order valence-corrected chi connectivity index (χ2v) is 5.39. The molecule has 1 rings (SSSR count). The van der Waals surface area contributed by atoms with Gasteiger partial charge < -0.3 is 5.73 Å². The van der Waals surface area contributed by atoms with Crippen molar-refractivity contribution in [1.29, 1.82) is 0 Å². The normalized spacial score (nSPS) is 11.4. The van der Waals surface area contributed by atoms with Crippen LogP contribution in [0.1, 0.15) is 5.56 Å². The first-order valence-corrected chi connectivity index (χ1v) is 6.45. The van der Waals surface area contributed by atoms with Gasteiger partial charge in [-0.05, 0) is 18.6 Å². The van der Waals surface area contributed by atoms with Gasteiger partial charge in [0.25, 0.3) is 0 Å². The summed E-state index contributed by atoms with van der Waals surface area (Å²) in [5, 5.41) is 0.385. The molecule has 15 heavy (non-hydrogen) atoms. The van der Waals surface area contributed by atoms with Crippen molar-refractivity contribution in [3.63, 3.8) is 0 Å². The number of nitrogens with one attached hydrogen (secondary N) is 1. The molecule has 0 aromatic heterocycles. The SMILES string of the molecule is Cc1cccc(Cl)c1NS(=O)(=O)CCN. The molecule has 1 aromatic rings. The fourth-order valence-electron chi connectivity index (χ4n) is 1.12. The first-order valence-electron chi connectivity index (χ1n) is 4.42. The van der Waals surface area contributed by atoms with Crippen LogP contribution in [-0.2, 0) is 10.0 Å². The van der Waals surface area contributed by atoms with Crippen LogP contribution in [0.15, 0.2) is 18.2 Å². The molecule has 6 heteroatoms. The van der Waals surface area contributed by atoms with Gasteiger partial charge in [0.2, 0.25) is 10.0 Å². The van der Waals surface area contributed by atoms with E-state index < -0.39 is 10.0 Å². The molecule has 0 fully saturated rings. The molecule has 0 saturated carbocycles. The Hall–Kier alpha value is -0.780. The van der Waals surface area contributed by atoms with E-state index in [0.29, 0.717) is 10.7 Å². The molecular weight excluding hydrogens is 236 g/mol. The van der Waals surface area contributed by atoms with E-state index in [1.54, 1.807) is 25.1 Å². The van der Waals surface area contributed by atoms with Crippen LogP contribution in [0.2, 0.25) is 5.02 Å². The molecule has 84 valence electrons. The Balaban J connectivity index is 2.99. The molecule has 0 aliphatic heterocycles. The number of rotatable bonds is 4. The Morgan fingerprint density at radius 1 is 1.47 bits per heavy atom. The Morgan fingerprint density at radius 3 is 2.67 bits per heavy atom. The molecule has 1 aromatic carbocycles. The lowest BCUT2D eigenvalue weighted by atomic mass is 10.2. The van der Waals surface area contributed by atoms with Crippen molar-refractivity contribution in [2.24, 2.45) is 5.73 Å². The Morgan fingerprint density at radius 2 is 2.13 bits per heavy atom. The van der Waals surface area contributed by atoms with Gasteiger partial charge in [-0.2, -0.15) is 0 Å². The summed E-state index contributed by atoms with van der Waals surface area (Å²) in [4.78, 5) is 0. The Bertz CT molecular complexity index is 425. The molecule has 0 amide bonds. The van der Waals surface area contributed by atoms with Gasteiger partial charge in [-0.1, -0.05) is 23.7 Å². The number of halogens is 1. The van der Waals surface area contributed by atoms with Crippen LogP contribution < -0.4 is 10.5 Å². The lowest BCUT2D eigenvalue weighted by Gasteiger charge is -2.11. The molecule has 0 saturated heterocycles. The number of hydrogen-bond acceptors (Lipinski definition) is 3. The third-order valence-corrected chi connectivity index (χ3v) is 3.47. The summed E-state index contributed by atoms with van der Waals surface area (Å²) in [6.45, 7) is 1.87.